The van der Waals surface area contributed by atoms with Gasteiger partial charge in [0.1, 0.15) is 18.0 Å². The van der Waals surface area contributed by atoms with Gasteiger partial charge in [-0.15, -0.1) is 0 Å². The molecule has 0 saturated carbocycles. The first-order valence-corrected chi connectivity index (χ1v) is 9.28. The molecule has 0 bridgehead atoms. The van der Waals surface area contributed by atoms with Gasteiger partial charge >= 0.3 is 0 Å². The largest absolute Gasteiger partial charge is 0.381 e. The zero-order chi connectivity index (χ0) is 17.1. The van der Waals surface area contributed by atoms with E-state index < -0.39 is 0 Å². The van der Waals surface area contributed by atoms with Crippen LogP contribution in [0, 0.1) is 6.92 Å². The summed E-state index contributed by atoms with van der Waals surface area (Å²) in [7, 11) is 0. The fraction of sp³-hybridized carbons (Fsp3) is 0.579. The van der Waals surface area contributed by atoms with Gasteiger partial charge in [-0.25, -0.2) is 19.9 Å². The average molecular weight is 339 g/mol. The van der Waals surface area contributed by atoms with Crippen LogP contribution < -0.4 is 5.32 Å². The van der Waals surface area contributed by atoms with E-state index >= 15 is 0 Å². The first-order chi connectivity index (χ1) is 12.3. The molecule has 0 aromatic carbocycles. The summed E-state index contributed by atoms with van der Waals surface area (Å²) in [6.45, 7) is 4.48. The van der Waals surface area contributed by atoms with Crippen LogP contribution in [-0.2, 0) is 24.0 Å². The molecule has 1 atom stereocenters. The maximum absolute atomic E-state index is 5.45. The van der Waals surface area contributed by atoms with Crippen molar-refractivity contribution in [2.45, 2.75) is 51.4 Å². The third kappa shape index (κ3) is 3.79. The van der Waals surface area contributed by atoms with Crippen molar-refractivity contribution in [3.8, 4) is 0 Å². The SMILES string of the molecule is Cc1nc(CCNc2cc([C@@H]3CCOC3)ncn2)nc2c1CCCC2. The third-order valence-corrected chi connectivity index (χ3v) is 5.13. The fourth-order valence-electron chi connectivity index (χ4n) is 3.72. The third-order valence-electron chi connectivity index (χ3n) is 5.13. The molecule has 6 heteroatoms. The second-order valence-electron chi connectivity index (χ2n) is 6.92. The van der Waals surface area contributed by atoms with E-state index in [0.717, 1.165) is 68.5 Å². The highest BCUT2D eigenvalue weighted by Crippen LogP contribution is 2.24. The summed E-state index contributed by atoms with van der Waals surface area (Å²) in [6.07, 6.45) is 8.22. The molecule has 132 valence electrons. The van der Waals surface area contributed by atoms with Crippen molar-refractivity contribution in [3.05, 3.63) is 40.9 Å². The van der Waals surface area contributed by atoms with Crippen molar-refractivity contribution in [1.82, 2.24) is 19.9 Å². The van der Waals surface area contributed by atoms with E-state index in [1.54, 1.807) is 6.33 Å². The summed E-state index contributed by atoms with van der Waals surface area (Å²) in [4.78, 5) is 18.2. The molecule has 0 amide bonds. The number of nitrogens with one attached hydrogen (secondary N) is 1. The molecule has 4 rings (SSSR count). The van der Waals surface area contributed by atoms with Crippen LogP contribution in [0.3, 0.4) is 0 Å². The average Bonchev–Trinajstić information content (AvgIpc) is 3.17. The van der Waals surface area contributed by atoms with Gasteiger partial charge in [0.05, 0.1) is 12.3 Å². The van der Waals surface area contributed by atoms with Crippen molar-refractivity contribution in [3.63, 3.8) is 0 Å². The second-order valence-corrected chi connectivity index (χ2v) is 6.92. The van der Waals surface area contributed by atoms with Crippen LogP contribution in [0.5, 0.6) is 0 Å². The molecule has 0 radical (unpaired) electrons. The molecule has 2 aromatic rings. The number of anilines is 1. The Hall–Kier alpha value is -2.08. The van der Waals surface area contributed by atoms with Gasteiger partial charge in [0.25, 0.3) is 0 Å². The summed E-state index contributed by atoms with van der Waals surface area (Å²) < 4.78 is 5.45. The van der Waals surface area contributed by atoms with E-state index in [9.17, 15) is 0 Å². The van der Waals surface area contributed by atoms with Crippen LogP contribution in [-0.4, -0.2) is 39.7 Å². The highest BCUT2D eigenvalue weighted by atomic mass is 16.5. The Morgan fingerprint density at radius 3 is 3.00 bits per heavy atom. The van der Waals surface area contributed by atoms with Gasteiger partial charge in [0.2, 0.25) is 0 Å². The van der Waals surface area contributed by atoms with Crippen LogP contribution >= 0.6 is 0 Å². The van der Waals surface area contributed by atoms with E-state index in [1.807, 2.05) is 6.07 Å². The van der Waals surface area contributed by atoms with Gasteiger partial charge in [-0.05, 0) is 44.6 Å². The Balaban J connectivity index is 1.38. The van der Waals surface area contributed by atoms with Crippen molar-refractivity contribution < 1.29 is 4.74 Å². The van der Waals surface area contributed by atoms with E-state index in [-0.39, 0.29) is 0 Å². The Morgan fingerprint density at radius 1 is 1.20 bits per heavy atom. The smallest absolute Gasteiger partial charge is 0.130 e. The van der Waals surface area contributed by atoms with Crippen molar-refractivity contribution in [2.75, 3.05) is 25.1 Å². The topological polar surface area (TPSA) is 72.8 Å². The minimum absolute atomic E-state index is 0.398. The lowest BCUT2D eigenvalue weighted by Gasteiger charge is -2.17. The molecule has 2 aromatic heterocycles. The van der Waals surface area contributed by atoms with Crippen LogP contribution in [0.15, 0.2) is 12.4 Å². The zero-order valence-electron chi connectivity index (χ0n) is 14.8. The van der Waals surface area contributed by atoms with E-state index in [2.05, 4.69) is 22.2 Å². The molecule has 2 aliphatic rings. The van der Waals surface area contributed by atoms with Crippen molar-refractivity contribution >= 4 is 5.82 Å². The lowest BCUT2D eigenvalue weighted by Crippen LogP contribution is -2.15. The van der Waals surface area contributed by atoms with Crippen LogP contribution in [0.1, 0.15) is 53.7 Å². The fourth-order valence-corrected chi connectivity index (χ4v) is 3.72. The molecule has 1 saturated heterocycles. The zero-order valence-corrected chi connectivity index (χ0v) is 14.8. The number of hydrogen-bond acceptors (Lipinski definition) is 6. The summed E-state index contributed by atoms with van der Waals surface area (Å²) >= 11 is 0. The van der Waals surface area contributed by atoms with Gasteiger partial charge in [0, 0.05) is 42.9 Å². The van der Waals surface area contributed by atoms with Gasteiger partial charge in [-0.3, -0.25) is 0 Å². The molecule has 1 aliphatic heterocycles. The molecule has 1 aliphatic carbocycles. The molecule has 1 fully saturated rings. The van der Waals surface area contributed by atoms with E-state index in [0.29, 0.717) is 5.92 Å². The number of ether oxygens (including phenoxy) is 1. The second kappa shape index (κ2) is 7.44. The molecule has 25 heavy (non-hydrogen) atoms. The van der Waals surface area contributed by atoms with Gasteiger partial charge < -0.3 is 10.1 Å². The summed E-state index contributed by atoms with van der Waals surface area (Å²) in [5.74, 6) is 2.20. The molecular weight excluding hydrogens is 314 g/mol. The molecular formula is C19H25N5O. The lowest BCUT2D eigenvalue weighted by atomic mass is 9.95. The number of fused-ring (bicyclic) bond motifs is 1. The molecule has 1 N–H and O–H groups in total. The minimum Gasteiger partial charge on any atom is -0.381 e. The van der Waals surface area contributed by atoms with Crippen molar-refractivity contribution in [2.24, 2.45) is 0 Å². The van der Waals surface area contributed by atoms with E-state index in [1.165, 1.54) is 24.1 Å². The molecule has 0 unspecified atom stereocenters. The van der Waals surface area contributed by atoms with Crippen LogP contribution in [0.2, 0.25) is 0 Å². The Kier molecular flexibility index (Phi) is 4.88. The van der Waals surface area contributed by atoms with Gasteiger partial charge in [-0.2, -0.15) is 0 Å². The first-order valence-electron chi connectivity index (χ1n) is 9.28. The molecule has 6 nitrogen and oxygen atoms in total. The number of aryl methyl sites for hydroxylation is 2. The lowest BCUT2D eigenvalue weighted by molar-refractivity contribution is 0.193. The number of aromatic nitrogens is 4. The maximum atomic E-state index is 5.45. The standard InChI is InChI=1S/C19H25N5O/c1-13-15-4-2-3-5-16(15)24-18(23-13)6-8-20-19-10-17(21-12-22-19)14-7-9-25-11-14/h10,12,14H,2-9,11H2,1H3,(H,20,21,22)/t14-/m1/s1. The monoisotopic (exact) mass is 339 g/mol. The maximum Gasteiger partial charge on any atom is 0.130 e. The van der Waals surface area contributed by atoms with Gasteiger partial charge in [-0.1, -0.05) is 0 Å². The van der Waals surface area contributed by atoms with Gasteiger partial charge in [0.15, 0.2) is 0 Å². The summed E-state index contributed by atoms with van der Waals surface area (Å²) in [6, 6.07) is 2.04. The first kappa shape index (κ1) is 16.4. The predicted molar refractivity (Wildman–Crippen MR) is 95.8 cm³/mol. The summed E-state index contributed by atoms with van der Waals surface area (Å²) in [5, 5.41) is 3.38. The molecule has 0 spiro atoms. The number of nitrogens with zero attached hydrogens (tertiary/aromatic N) is 4. The van der Waals surface area contributed by atoms with Crippen LogP contribution in [0.4, 0.5) is 5.82 Å². The highest BCUT2D eigenvalue weighted by Gasteiger charge is 2.19. The van der Waals surface area contributed by atoms with E-state index in [4.69, 9.17) is 14.7 Å². The summed E-state index contributed by atoms with van der Waals surface area (Å²) in [5.41, 5.74) is 4.86. The number of rotatable bonds is 5. The molecule has 3 heterocycles. The highest BCUT2D eigenvalue weighted by molar-refractivity contribution is 5.36. The predicted octanol–water partition coefficient (Wildman–Crippen LogP) is 2.61. The normalized spacial score (nSPS) is 19.6. The quantitative estimate of drug-likeness (QED) is 0.903. The van der Waals surface area contributed by atoms with Crippen LogP contribution in [0.25, 0.3) is 0 Å². The number of hydrogen-bond donors (Lipinski definition) is 1. The Bertz CT molecular complexity index is 743. The Labute approximate surface area is 148 Å². The Morgan fingerprint density at radius 2 is 2.12 bits per heavy atom. The minimum atomic E-state index is 0.398. The van der Waals surface area contributed by atoms with Crippen molar-refractivity contribution in [1.29, 1.82) is 0 Å².